The molecule has 0 aliphatic carbocycles. The van der Waals surface area contributed by atoms with Crippen molar-refractivity contribution in [3.63, 3.8) is 0 Å². The van der Waals surface area contributed by atoms with Crippen LogP contribution in [0.15, 0.2) is 63.4 Å². The molecule has 0 saturated carbocycles. The minimum absolute atomic E-state index is 0.0255. The molecule has 3 aromatic rings. The number of rotatable bonds is 4. The predicted octanol–water partition coefficient (Wildman–Crippen LogP) is 3.84. The van der Waals surface area contributed by atoms with Gasteiger partial charge < -0.3 is 0 Å². The van der Waals surface area contributed by atoms with Gasteiger partial charge in [0.1, 0.15) is 11.4 Å². The number of carbonyl (C=O) groups is 1. The van der Waals surface area contributed by atoms with Crippen molar-refractivity contribution in [3.8, 4) is 0 Å². The topological polar surface area (TPSA) is 87.9 Å². The van der Waals surface area contributed by atoms with E-state index in [0.29, 0.717) is 24.1 Å². The van der Waals surface area contributed by atoms with E-state index < -0.39 is 21.6 Å². The van der Waals surface area contributed by atoms with E-state index in [-0.39, 0.29) is 33.3 Å². The summed E-state index contributed by atoms with van der Waals surface area (Å²) < 4.78 is 42.6. The van der Waals surface area contributed by atoms with Gasteiger partial charge >= 0.3 is 0 Å². The summed E-state index contributed by atoms with van der Waals surface area (Å²) in [6.45, 7) is 5.21. The first-order valence-corrected chi connectivity index (χ1v) is 12.8. The molecular formula is C24H23ClFN5O3S. The Morgan fingerprint density at radius 1 is 1.09 bits per heavy atom. The average molecular weight is 516 g/mol. The molecule has 0 N–H and O–H groups in total. The third-order valence-corrected chi connectivity index (χ3v) is 8.13. The van der Waals surface area contributed by atoms with Gasteiger partial charge in [0.15, 0.2) is 10.8 Å². The third-order valence-electron chi connectivity index (χ3n) is 6.06. The van der Waals surface area contributed by atoms with E-state index in [0.717, 1.165) is 17.7 Å². The van der Waals surface area contributed by atoms with E-state index in [1.54, 1.807) is 36.2 Å². The number of anilines is 1. The Kier molecular flexibility index (Phi) is 5.48. The van der Waals surface area contributed by atoms with Gasteiger partial charge in [0, 0.05) is 30.6 Å². The number of aliphatic imine (C=N–C) groups is 1. The second-order valence-corrected chi connectivity index (χ2v) is 11.8. The number of fused-ring (bicyclic) bond motifs is 3. The van der Waals surface area contributed by atoms with Crippen LogP contribution in [0.5, 0.6) is 0 Å². The quantitative estimate of drug-likeness (QED) is 0.493. The summed E-state index contributed by atoms with van der Waals surface area (Å²) in [6, 6.07) is 11.5. The van der Waals surface area contributed by atoms with Crippen molar-refractivity contribution in [2.45, 2.75) is 30.3 Å². The van der Waals surface area contributed by atoms with Crippen LogP contribution in [-0.2, 0) is 16.4 Å². The minimum Gasteiger partial charge on any atom is -0.294 e. The fourth-order valence-corrected chi connectivity index (χ4v) is 5.99. The largest absolute Gasteiger partial charge is 0.294 e. The molecule has 182 valence electrons. The van der Waals surface area contributed by atoms with Crippen LogP contribution >= 0.6 is 11.6 Å². The molecule has 0 bridgehead atoms. The van der Waals surface area contributed by atoms with Crippen LogP contribution in [0.25, 0.3) is 0 Å². The molecule has 0 radical (unpaired) electrons. The minimum atomic E-state index is -4.24. The van der Waals surface area contributed by atoms with E-state index in [2.05, 4.69) is 10.1 Å². The molecule has 0 unspecified atom stereocenters. The molecule has 8 nitrogen and oxygen atoms in total. The molecule has 0 saturated heterocycles. The first kappa shape index (κ1) is 23.5. The van der Waals surface area contributed by atoms with Crippen molar-refractivity contribution >= 4 is 39.1 Å². The molecular weight excluding hydrogens is 493 g/mol. The molecule has 1 amide bonds. The summed E-state index contributed by atoms with van der Waals surface area (Å²) in [5.74, 6) is -0.399. The van der Waals surface area contributed by atoms with Crippen LogP contribution in [-0.4, -0.2) is 55.1 Å². The molecule has 0 atom stereocenters. The summed E-state index contributed by atoms with van der Waals surface area (Å²) >= 11 is 6.01. The zero-order valence-corrected chi connectivity index (χ0v) is 20.9. The maximum absolute atomic E-state index is 13.9. The Morgan fingerprint density at radius 3 is 2.40 bits per heavy atom. The summed E-state index contributed by atoms with van der Waals surface area (Å²) in [5.41, 5.74) is 0.513. The van der Waals surface area contributed by atoms with Crippen LogP contribution < -0.4 is 4.90 Å². The van der Waals surface area contributed by atoms with Gasteiger partial charge in [-0.2, -0.15) is 5.10 Å². The Balaban J connectivity index is 1.75. The van der Waals surface area contributed by atoms with Crippen molar-refractivity contribution in [2.75, 3.05) is 25.0 Å². The van der Waals surface area contributed by atoms with Crippen molar-refractivity contribution in [1.29, 1.82) is 0 Å². The number of benzene rings is 2. The Morgan fingerprint density at radius 2 is 1.74 bits per heavy atom. The number of aromatic nitrogens is 2. The van der Waals surface area contributed by atoms with Gasteiger partial charge in [-0.3, -0.25) is 19.6 Å². The number of carbonyl (C=O) groups excluding carboxylic acids is 1. The molecule has 2 aliphatic heterocycles. The number of guanidine groups is 1. The molecule has 0 spiro atoms. The van der Waals surface area contributed by atoms with E-state index in [9.17, 15) is 17.6 Å². The Labute approximate surface area is 207 Å². The summed E-state index contributed by atoms with van der Waals surface area (Å²) in [5, 5.41) is 4.94. The second-order valence-electron chi connectivity index (χ2n) is 9.48. The molecule has 2 aromatic carbocycles. The van der Waals surface area contributed by atoms with E-state index in [1.165, 1.54) is 21.7 Å². The number of hydrogen-bond donors (Lipinski definition) is 0. The maximum atomic E-state index is 13.9. The first-order chi connectivity index (χ1) is 16.5. The third kappa shape index (κ3) is 4.00. The molecule has 3 heterocycles. The fraction of sp³-hybridized carbons (Fsp3) is 0.292. The number of sulfone groups is 1. The lowest BCUT2D eigenvalue weighted by molar-refractivity contribution is 0.0857. The summed E-state index contributed by atoms with van der Waals surface area (Å²) in [4.78, 5) is 21.1. The van der Waals surface area contributed by atoms with Gasteiger partial charge in [0.25, 0.3) is 5.91 Å². The van der Waals surface area contributed by atoms with Gasteiger partial charge in [-0.15, -0.1) is 0 Å². The first-order valence-electron chi connectivity index (χ1n) is 10.9. The van der Waals surface area contributed by atoms with Gasteiger partial charge in [-0.05, 0) is 42.0 Å². The fourth-order valence-electron chi connectivity index (χ4n) is 4.31. The van der Waals surface area contributed by atoms with Gasteiger partial charge in [0.2, 0.25) is 15.8 Å². The number of hydrogen-bond acceptors (Lipinski definition) is 6. The lowest BCUT2D eigenvalue weighted by Gasteiger charge is -2.42. The highest BCUT2D eigenvalue weighted by atomic mass is 35.5. The van der Waals surface area contributed by atoms with Crippen LogP contribution in [0.1, 0.15) is 29.8 Å². The zero-order chi connectivity index (χ0) is 25.1. The van der Waals surface area contributed by atoms with Crippen molar-refractivity contribution in [2.24, 2.45) is 10.4 Å². The van der Waals surface area contributed by atoms with Crippen LogP contribution in [0.2, 0.25) is 5.02 Å². The standard InChI is InChI=1S/C24H23ClFN5O3S/c1-24(2)13-27-23-29(3)21(32)19-20(30(23)14-24)28-31(12-15-4-6-16(25)7-5-15)22(19)35(33,34)18-10-8-17(26)9-11-18/h4-11H,12-14H2,1-3H3. The zero-order valence-electron chi connectivity index (χ0n) is 19.4. The highest BCUT2D eigenvalue weighted by Crippen LogP contribution is 2.38. The van der Waals surface area contributed by atoms with Crippen LogP contribution in [0.3, 0.4) is 0 Å². The van der Waals surface area contributed by atoms with Gasteiger partial charge in [0.05, 0.1) is 11.4 Å². The number of nitrogens with zero attached hydrogens (tertiary/aromatic N) is 5. The number of amides is 1. The van der Waals surface area contributed by atoms with E-state index >= 15 is 0 Å². The second kappa shape index (κ2) is 8.17. The SMILES string of the molecule is CN1C(=O)c2c(nn(Cc3ccc(Cl)cc3)c2S(=O)(=O)c2ccc(F)cc2)N2CC(C)(C)CN=C12. The van der Waals surface area contributed by atoms with E-state index in [1.807, 2.05) is 13.8 Å². The molecule has 0 fully saturated rings. The van der Waals surface area contributed by atoms with Gasteiger partial charge in [-0.25, -0.2) is 17.5 Å². The Bertz CT molecular complexity index is 1460. The maximum Gasteiger partial charge on any atom is 0.267 e. The summed E-state index contributed by atoms with van der Waals surface area (Å²) in [6.07, 6.45) is 0. The molecule has 35 heavy (non-hydrogen) atoms. The molecule has 11 heteroatoms. The van der Waals surface area contributed by atoms with Crippen molar-refractivity contribution < 1.29 is 17.6 Å². The lowest BCUT2D eigenvalue weighted by atomic mass is 9.91. The summed E-state index contributed by atoms with van der Waals surface area (Å²) in [7, 11) is -2.67. The molecule has 2 aliphatic rings. The highest BCUT2D eigenvalue weighted by molar-refractivity contribution is 7.91. The molecule has 5 rings (SSSR count). The number of halogens is 2. The Hall–Kier alpha value is -3.24. The van der Waals surface area contributed by atoms with Crippen LogP contribution in [0.4, 0.5) is 10.2 Å². The van der Waals surface area contributed by atoms with Crippen molar-refractivity contribution in [1.82, 2.24) is 14.7 Å². The van der Waals surface area contributed by atoms with Crippen molar-refractivity contribution in [3.05, 3.63) is 70.5 Å². The predicted molar refractivity (Wildman–Crippen MR) is 130 cm³/mol. The normalized spacial score (nSPS) is 17.2. The highest BCUT2D eigenvalue weighted by Gasteiger charge is 2.45. The van der Waals surface area contributed by atoms with Crippen LogP contribution in [0, 0.1) is 11.2 Å². The monoisotopic (exact) mass is 515 g/mol. The molecule has 1 aromatic heterocycles. The van der Waals surface area contributed by atoms with Gasteiger partial charge in [-0.1, -0.05) is 37.6 Å². The van der Waals surface area contributed by atoms with E-state index in [4.69, 9.17) is 11.6 Å². The lowest BCUT2D eigenvalue weighted by Crippen LogP contribution is -2.56. The average Bonchev–Trinajstić information content (AvgIpc) is 3.19. The smallest absolute Gasteiger partial charge is 0.267 e.